The number of carbonyl (C=O) groups is 1. The summed E-state index contributed by atoms with van der Waals surface area (Å²) in [4.78, 5) is 11.5. The van der Waals surface area contributed by atoms with Gasteiger partial charge in [-0.25, -0.2) is 9.18 Å². The van der Waals surface area contributed by atoms with Crippen molar-refractivity contribution in [2.45, 2.75) is 26.1 Å². The summed E-state index contributed by atoms with van der Waals surface area (Å²) in [6, 6.07) is 3.90. The van der Waals surface area contributed by atoms with Crippen LogP contribution in [0.2, 0.25) is 0 Å². The second-order valence-corrected chi connectivity index (χ2v) is 4.29. The van der Waals surface area contributed by atoms with E-state index < -0.39 is 24.0 Å². The predicted octanol–water partition coefficient (Wildman–Crippen LogP) is 2.05. The highest BCUT2D eigenvalue weighted by atomic mass is 19.1. The van der Waals surface area contributed by atoms with Crippen LogP contribution >= 0.6 is 0 Å². The van der Waals surface area contributed by atoms with Crippen molar-refractivity contribution in [1.29, 1.82) is 0 Å². The molecule has 0 aromatic heterocycles. The summed E-state index contributed by atoms with van der Waals surface area (Å²) >= 11 is 0. The summed E-state index contributed by atoms with van der Waals surface area (Å²) < 4.78 is 18.0. The van der Waals surface area contributed by atoms with Crippen molar-refractivity contribution in [3.8, 4) is 0 Å². The van der Waals surface area contributed by atoms with Crippen molar-refractivity contribution >= 4 is 5.97 Å². The Kier molecular flexibility index (Phi) is 2.68. The Morgan fingerprint density at radius 2 is 2.12 bits per heavy atom. The van der Waals surface area contributed by atoms with Gasteiger partial charge >= 0.3 is 5.97 Å². The second kappa shape index (κ2) is 3.87. The lowest BCUT2D eigenvalue weighted by Gasteiger charge is -2.21. The van der Waals surface area contributed by atoms with E-state index in [-0.39, 0.29) is 11.5 Å². The van der Waals surface area contributed by atoms with Crippen LogP contribution < -0.4 is 0 Å². The maximum absolute atomic E-state index is 13.0. The van der Waals surface area contributed by atoms with Gasteiger partial charge in [0.25, 0.3) is 0 Å². The highest BCUT2D eigenvalue weighted by Crippen LogP contribution is 2.35. The molecule has 1 aromatic rings. The molecule has 1 aliphatic heterocycles. The molecule has 0 saturated heterocycles. The molecule has 1 aliphatic rings. The Balaban J connectivity index is 2.40. The maximum Gasteiger partial charge on any atom is 0.339 e. The van der Waals surface area contributed by atoms with Gasteiger partial charge in [-0.1, -0.05) is 19.9 Å². The van der Waals surface area contributed by atoms with E-state index in [0.717, 1.165) is 6.07 Å². The molecule has 2 rings (SSSR count). The van der Waals surface area contributed by atoms with Crippen LogP contribution in [0.1, 0.15) is 35.9 Å². The lowest BCUT2D eigenvalue weighted by Crippen LogP contribution is -2.24. The molecular formula is C12H13FO3. The number of cyclic esters (lactones) is 1. The van der Waals surface area contributed by atoms with Crippen molar-refractivity contribution in [2.24, 2.45) is 5.92 Å². The van der Waals surface area contributed by atoms with Crippen LogP contribution in [0.3, 0.4) is 0 Å². The first-order valence-corrected chi connectivity index (χ1v) is 5.19. The topological polar surface area (TPSA) is 46.5 Å². The van der Waals surface area contributed by atoms with Crippen molar-refractivity contribution in [2.75, 3.05) is 0 Å². The molecule has 3 nitrogen and oxygen atoms in total. The number of carbonyl (C=O) groups excluding carboxylic acids is 1. The average Bonchev–Trinajstić information content (AvgIpc) is 2.55. The molecule has 0 spiro atoms. The highest BCUT2D eigenvalue weighted by Gasteiger charge is 2.37. The molecule has 1 aromatic carbocycles. The number of hydrogen-bond acceptors (Lipinski definition) is 3. The van der Waals surface area contributed by atoms with Gasteiger partial charge in [0.2, 0.25) is 0 Å². The third-order valence-electron chi connectivity index (χ3n) is 2.77. The predicted molar refractivity (Wildman–Crippen MR) is 55.4 cm³/mol. The second-order valence-electron chi connectivity index (χ2n) is 4.29. The fourth-order valence-corrected chi connectivity index (χ4v) is 1.80. The molecule has 0 aliphatic carbocycles. The molecule has 2 atom stereocenters. The van der Waals surface area contributed by atoms with Crippen molar-refractivity contribution in [3.05, 3.63) is 35.1 Å². The van der Waals surface area contributed by atoms with E-state index in [0.29, 0.717) is 5.56 Å². The molecule has 4 heteroatoms. The standard InChI is InChI=1S/C12H13FO3/c1-6(2)10(14)11-8-4-3-7(13)5-9(8)12(15)16-11/h3-6,10-11,14H,1-2H3/t10-,11+/m1/s1. The van der Waals surface area contributed by atoms with Crippen LogP contribution in [0, 0.1) is 11.7 Å². The minimum Gasteiger partial charge on any atom is -0.451 e. The normalized spacial score (nSPS) is 20.8. The summed E-state index contributed by atoms with van der Waals surface area (Å²) in [5.74, 6) is -1.08. The van der Waals surface area contributed by atoms with Gasteiger partial charge in [-0.2, -0.15) is 0 Å². The maximum atomic E-state index is 13.0. The van der Waals surface area contributed by atoms with Crippen molar-refractivity contribution < 1.29 is 19.0 Å². The van der Waals surface area contributed by atoms with Gasteiger partial charge in [-0.3, -0.25) is 0 Å². The number of halogens is 1. The summed E-state index contributed by atoms with van der Waals surface area (Å²) in [6.45, 7) is 3.67. The minimum absolute atomic E-state index is 0.0335. The molecule has 0 radical (unpaired) electrons. The number of aliphatic hydroxyl groups is 1. The number of aliphatic hydroxyl groups excluding tert-OH is 1. The Morgan fingerprint density at radius 3 is 2.75 bits per heavy atom. The molecule has 0 saturated carbocycles. The highest BCUT2D eigenvalue weighted by molar-refractivity contribution is 5.94. The first kappa shape index (κ1) is 11.1. The van der Waals surface area contributed by atoms with Gasteiger partial charge < -0.3 is 9.84 Å². The zero-order valence-corrected chi connectivity index (χ0v) is 9.11. The van der Waals surface area contributed by atoms with Crippen LogP contribution in [-0.2, 0) is 4.74 Å². The van der Waals surface area contributed by atoms with Gasteiger partial charge in [-0.05, 0) is 18.1 Å². The van der Waals surface area contributed by atoms with Gasteiger partial charge in [0.15, 0.2) is 6.10 Å². The number of benzene rings is 1. The third-order valence-corrected chi connectivity index (χ3v) is 2.77. The van der Waals surface area contributed by atoms with Crippen LogP contribution in [0.25, 0.3) is 0 Å². The molecule has 86 valence electrons. The minimum atomic E-state index is -0.768. The number of hydrogen-bond donors (Lipinski definition) is 1. The van der Waals surface area contributed by atoms with Gasteiger partial charge in [0, 0.05) is 5.56 Å². The Bertz CT molecular complexity index is 428. The molecule has 1 heterocycles. The number of esters is 1. The molecule has 0 fully saturated rings. The largest absolute Gasteiger partial charge is 0.451 e. The molecule has 0 bridgehead atoms. The molecular weight excluding hydrogens is 211 g/mol. The first-order valence-electron chi connectivity index (χ1n) is 5.19. The zero-order chi connectivity index (χ0) is 11.9. The molecule has 0 amide bonds. The molecule has 0 unspecified atom stereocenters. The van der Waals surface area contributed by atoms with E-state index in [1.807, 2.05) is 13.8 Å². The number of rotatable bonds is 2. The van der Waals surface area contributed by atoms with Gasteiger partial charge in [0.05, 0.1) is 11.7 Å². The number of ether oxygens (including phenoxy) is 1. The molecule has 1 N–H and O–H groups in total. The Labute approximate surface area is 92.9 Å². The fraction of sp³-hybridized carbons (Fsp3) is 0.417. The third kappa shape index (κ3) is 1.69. The molecule has 16 heavy (non-hydrogen) atoms. The van der Waals surface area contributed by atoms with Gasteiger partial charge in [0.1, 0.15) is 5.82 Å². The number of fused-ring (bicyclic) bond motifs is 1. The quantitative estimate of drug-likeness (QED) is 0.782. The van der Waals surface area contributed by atoms with Crippen molar-refractivity contribution in [1.82, 2.24) is 0 Å². The van der Waals surface area contributed by atoms with Crippen LogP contribution in [0.5, 0.6) is 0 Å². The zero-order valence-electron chi connectivity index (χ0n) is 9.11. The fourth-order valence-electron chi connectivity index (χ4n) is 1.80. The smallest absolute Gasteiger partial charge is 0.339 e. The average molecular weight is 224 g/mol. The van der Waals surface area contributed by atoms with E-state index in [1.54, 1.807) is 0 Å². The monoisotopic (exact) mass is 224 g/mol. The van der Waals surface area contributed by atoms with E-state index in [4.69, 9.17) is 4.74 Å². The Morgan fingerprint density at radius 1 is 1.44 bits per heavy atom. The van der Waals surface area contributed by atoms with E-state index >= 15 is 0 Å². The van der Waals surface area contributed by atoms with Crippen LogP contribution in [0.15, 0.2) is 18.2 Å². The lowest BCUT2D eigenvalue weighted by molar-refractivity contribution is -0.0263. The first-order chi connectivity index (χ1) is 7.50. The summed E-state index contributed by atoms with van der Waals surface area (Å²) in [5.41, 5.74) is 0.775. The lowest BCUT2D eigenvalue weighted by atomic mass is 9.95. The summed E-state index contributed by atoms with van der Waals surface area (Å²) in [5, 5.41) is 9.89. The van der Waals surface area contributed by atoms with Crippen molar-refractivity contribution in [3.63, 3.8) is 0 Å². The SMILES string of the molecule is CC(C)[C@@H](O)[C@H]1OC(=O)c2cc(F)ccc21. The van der Waals surface area contributed by atoms with E-state index in [9.17, 15) is 14.3 Å². The van der Waals surface area contributed by atoms with Crippen LogP contribution in [0.4, 0.5) is 4.39 Å². The van der Waals surface area contributed by atoms with E-state index in [1.165, 1.54) is 12.1 Å². The van der Waals surface area contributed by atoms with E-state index in [2.05, 4.69) is 0 Å². The Hall–Kier alpha value is -1.42. The summed E-state index contributed by atoms with van der Waals surface area (Å²) in [6.07, 6.45) is -1.45. The van der Waals surface area contributed by atoms with Gasteiger partial charge in [-0.15, -0.1) is 0 Å². The van der Waals surface area contributed by atoms with Crippen LogP contribution in [-0.4, -0.2) is 17.2 Å². The summed E-state index contributed by atoms with van der Waals surface area (Å²) in [7, 11) is 0.